The number of aromatic nitrogens is 6. The maximum Gasteiger partial charge on any atom is 0.231 e. The van der Waals surface area contributed by atoms with Crippen LogP contribution in [0.3, 0.4) is 0 Å². The zero-order valence-corrected chi connectivity index (χ0v) is 22.8. The first-order valence-corrected chi connectivity index (χ1v) is 13.6. The Morgan fingerprint density at radius 3 is 1.38 bits per heavy atom. The fourth-order valence-corrected chi connectivity index (χ4v) is 5.77. The van der Waals surface area contributed by atoms with Gasteiger partial charge in [0, 0.05) is 12.4 Å². The number of nitrogens with one attached hydrogen (secondary N) is 6. The number of aryl methyl sites for hydroxylation is 2. The average Bonchev–Trinajstić information content (AvgIpc) is 3.75. The molecule has 0 bridgehead atoms. The normalized spacial score (nSPS) is 21.0. The number of H-pyrrole nitrogens is 2. The van der Waals surface area contributed by atoms with Crippen molar-refractivity contribution in [2.45, 2.75) is 25.2 Å². The fourth-order valence-electron chi connectivity index (χ4n) is 5.77. The Kier molecular flexibility index (Phi) is 5.07. The summed E-state index contributed by atoms with van der Waals surface area (Å²) in [6.07, 6.45) is 3.51. The molecule has 0 aliphatic carbocycles. The molecule has 42 heavy (non-hydrogen) atoms. The van der Waals surface area contributed by atoms with Gasteiger partial charge in [0.05, 0.1) is 33.5 Å². The minimum atomic E-state index is -1.08. The summed E-state index contributed by atoms with van der Waals surface area (Å²) in [6.45, 7) is 4.06. The molecule has 206 valence electrons. The van der Waals surface area contributed by atoms with Crippen LogP contribution in [0.5, 0.6) is 0 Å². The van der Waals surface area contributed by atoms with Gasteiger partial charge in [0.15, 0.2) is 0 Å². The molecular formula is C30H26N12. The van der Waals surface area contributed by atoms with Gasteiger partial charge in [-0.2, -0.15) is 9.98 Å². The number of aliphatic imine (C=N–C) groups is 2. The Labute approximate surface area is 239 Å². The molecule has 8 rings (SSSR count). The number of hydrogen-bond donors (Lipinski definition) is 6. The predicted molar refractivity (Wildman–Crippen MR) is 160 cm³/mol. The zero-order chi connectivity index (χ0) is 28.3. The lowest BCUT2D eigenvalue weighted by Crippen LogP contribution is -2.61. The van der Waals surface area contributed by atoms with Crippen LogP contribution in [0.2, 0.25) is 0 Å². The highest BCUT2D eigenvalue weighted by atomic mass is 15.6. The third kappa shape index (κ3) is 3.54. The van der Waals surface area contributed by atoms with Crippen molar-refractivity contribution in [1.29, 1.82) is 0 Å². The van der Waals surface area contributed by atoms with E-state index >= 15 is 0 Å². The van der Waals surface area contributed by atoms with Gasteiger partial charge in [0.25, 0.3) is 0 Å². The second kappa shape index (κ2) is 8.86. The van der Waals surface area contributed by atoms with Crippen LogP contribution in [0.4, 0.5) is 11.9 Å². The van der Waals surface area contributed by atoms with Crippen molar-refractivity contribution in [2.75, 3.05) is 0 Å². The second-order valence-corrected chi connectivity index (χ2v) is 10.4. The van der Waals surface area contributed by atoms with Gasteiger partial charge in [-0.15, -0.1) is 0 Å². The number of pyridine rings is 2. The average molecular weight is 555 g/mol. The number of aromatic amines is 2. The molecular weight excluding hydrogens is 528 g/mol. The summed E-state index contributed by atoms with van der Waals surface area (Å²) in [5.74, 6) is 1.88. The van der Waals surface area contributed by atoms with Crippen molar-refractivity contribution in [3.63, 3.8) is 0 Å². The molecule has 2 fully saturated rings. The topological polar surface area (TPSA) is 156 Å². The van der Waals surface area contributed by atoms with Crippen molar-refractivity contribution in [1.82, 2.24) is 51.2 Å². The smallest absolute Gasteiger partial charge is 0.231 e. The molecule has 4 aromatic heterocycles. The van der Waals surface area contributed by atoms with Crippen molar-refractivity contribution in [3.05, 3.63) is 108 Å². The highest BCUT2D eigenvalue weighted by Crippen LogP contribution is 2.42. The van der Waals surface area contributed by atoms with Crippen LogP contribution in [-0.2, 0) is 11.3 Å². The van der Waals surface area contributed by atoms with Crippen LogP contribution in [0, 0.1) is 13.8 Å². The molecule has 0 amide bonds. The lowest BCUT2D eigenvalue weighted by molar-refractivity contribution is 0.197. The van der Waals surface area contributed by atoms with Crippen LogP contribution in [0.25, 0.3) is 22.1 Å². The summed E-state index contributed by atoms with van der Waals surface area (Å²) in [6, 6.07) is 23.6. The van der Waals surface area contributed by atoms with E-state index in [1.165, 1.54) is 0 Å². The first kappa shape index (κ1) is 24.1. The van der Waals surface area contributed by atoms with Crippen LogP contribution < -0.4 is 21.3 Å². The molecule has 2 aromatic carbocycles. The summed E-state index contributed by atoms with van der Waals surface area (Å²) in [4.78, 5) is 35.3. The molecule has 2 aliphatic rings. The number of imidazole rings is 2. The van der Waals surface area contributed by atoms with Crippen molar-refractivity contribution >= 4 is 45.9 Å². The first-order valence-electron chi connectivity index (χ1n) is 13.6. The summed E-state index contributed by atoms with van der Waals surface area (Å²) in [5.41, 5.74) is 4.96. The van der Waals surface area contributed by atoms with Gasteiger partial charge in [-0.1, -0.05) is 36.4 Å². The Bertz CT molecular complexity index is 1860. The molecule has 2 aliphatic heterocycles. The molecule has 6 aromatic rings. The number of fused-ring (bicyclic) bond motifs is 3. The fraction of sp³-hybridized carbons (Fsp3) is 0.133. The van der Waals surface area contributed by atoms with Crippen LogP contribution in [0.1, 0.15) is 22.5 Å². The van der Waals surface area contributed by atoms with E-state index in [2.05, 4.69) is 31.2 Å². The minimum Gasteiger partial charge on any atom is -0.324 e. The Morgan fingerprint density at radius 2 is 1.00 bits per heavy atom. The number of para-hydroxylation sites is 2. The molecule has 0 saturated carbocycles. The van der Waals surface area contributed by atoms with Crippen molar-refractivity contribution in [3.8, 4) is 0 Å². The van der Waals surface area contributed by atoms with E-state index in [1.807, 2.05) is 86.6 Å². The summed E-state index contributed by atoms with van der Waals surface area (Å²) in [7, 11) is 0. The first-order chi connectivity index (χ1) is 20.5. The van der Waals surface area contributed by atoms with Gasteiger partial charge in [-0.3, -0.25) is 9.97 Å². The van der Waals surface area contributed by atoms with Crippen molar-refractivity contribution in [2.24, 2.45) is 9.98 Å². The van der Waals surface area contributed by atoms with E-state index in [-0.39, 0.29) is 0 Å². The molecule has 6 N–H and O–H groups in total. The van der Waals surface area contributed by atoms with E-state index < -0.39 is 11.3 Å². The lowest BCUT2D eigenvalue weighted by atomic mass is 9.88. The minimum absolute atomic E-state index is 0.466. The molecule has 12 heteroatoms. The van der Waals surface area contributed by atoms with E-state index in [0.717, 1.165) is 33.2 Å². The van der Waals surface area contributed by atoms with Gasteiger partial charge in [-0.25, -0.2) is 9.97 Å². The maximum absolute atomic E-state index is 4.84. The van der Waals surface area contributed by atoms with Gasteiger partial charge < -0.3 is 31.2 Å². The summed E-state index contributed by atoms with van der Waals surface area (Å²) < 4.78 is 0. The standard InChI is InChI=1S/C30H26N12/c1-17-9-7-11-19-23(17)35-25(33-19)37-27-39-29(21-13-3-5-15-31-21)30(40-27,22-14-4-6-16-32-22)42-28(41-29)38-26-34-20-12-8-10-18(2)24(20)36-26/h3-16H,1-2H3,(H3,33,35,37,39,40)(H3,34,36,38,41,42). The monoisotopic (exact) mass is 554 g/mol. The molecule has 0 radical (unpaired) electrons. The molecule has 0 atom stereocenters. The van der Waals surface area contributed by atoms with Crippen LogP contribution in [0.15, 0.2) is 95.2 Å². The van der Waals surface area contributed by atoms with Crippen molar-refractivity contribution < 1.29 is 0 Å². The number of rotatable bonds is 4. The Hall–Kier alpha value is -5.78. The molecule has 2 saturated heterocycles. The molecule has 0 spiro atoms. The number of benzene rings is 2. The third-order valence-corrected chi connectivity index (χ3v) is 7.72. The maximum atomic E-state index is 4.84. The predicted octanol–water partition coefficient (Wildman–Crippen LogP) is 3.61. The van der Waals surface area contributed by atoms with Gasteiger partial charge >= 0.3 is 0 Å². The van der Waals surface area contributed by atoms with E-state index in [9.17, 15) is 0 Å². The third-order valence-electron chi connectivity index (χ3n) is 7.72. The van der Waals surface area contributed by atoms with Crippen LogP contribution in [-0.4, -0.2) is 41.8 Å². The second-order valence-electron chi connectivity index (χ2n) is 10.4. The lowest BCUT2D eigenvalue weighted by Gasteiger charge is -2.36. The molecule has 0 unspecified atom stereocenters. The highest BCUT2D eigenvalue weighted by Gasteiger charge is 2.67. The SMILES string of the molecule is Cc1cccc2[nH]c(N=C3NC4(c5ccccn5)NC(=Nc5nc6c(C)cccc6[nH]5)NC4(c4ccccn4)N3)nc12. The zero-order valence-electron chi connectivity index (χ0n) is 22.8. The van der Waals surface area contributed by atoms with E-state index in [0.29, 0.717) is 35.2 Å². The van der Waals surface area contributed by atoms with E-state index in [1.54, 1.807) is 12.4 Å². The molecule has 6 heterocycles. The van der Waals surface area contributed by atoms with Crippen LogP contribution >= 0.6 is 0 Å². The van der Waals surface area contributed by atoms with Gasteiger partial charge in [0.1, 0.15) is 0 Å². The van der Waals surface area contributed by atoms with E-state index in [4.69, 9.17) is 29.9 Å². The largest absolute Gasteiger partial charge is 0.324 e. The van der Waals surface area contributed by atoms with Gasteiger partial charge in [0.2, 0.25) is 35.1 Å². The number of nitrogens with zero attached hydrogens (tertiary/aromatic N) is 6. The Morgan fingerprint density at radius 1 is 0.548 bits per heavy atom. The molecule has 12 nitrogen and oxygen atoms in total. The number of guanidine groups is 2. The number of hydrogen-bond acceptors (Lipinski definition) is 6. The summed E-state index contributed by atoms with van der Waals surface area (Å²) >= 11 is 0. The highest BCUT2D eigenvalue weighted by molar-refractivity contribution is 5.95. The Balaban J connectivity index is 1.28. The summed E-state index contributed by atoms with van der Waals surface area (Å²) in [5, 5.41) is 14.3. The quantitative estimate of drug-likeness (QED) is 0.193. The van der Waals surface area contributed by atoms with Gasteiger partial charge in [-0.05, 0) is 61.4 Å².